The largest absolute Gasteiger partial charge is 0.469 e. The van der Waals surface area contributed by atoms with Gasteiger partial charge in [-0.25, -0.2) is 4.39 Å². The van der Waals surface area contributed by atoms with E-state index in [4.69, 9.17) is 0 Å². The lowest BCUT2D eigenvalue weighted by molar-refractivity contribution is -0.143. The molecule has 0 heterocycles. The molecule has 0 radical (unpaired) electrons. The number of halogens is 1. The average Bonchev–Trinajstić information content (AvgIpc) is 2.59. The molecule has 0 saturated heterocycles. The maximum Gasteiger partial charge on any atom is 0.313 e. The zero-order valence-electron chi connectivity index (χ0n) is 17.9. The Bertz CT molecular complexity index is 816. The Morgan fingerprint density at radius 2 is 1.83 bits per heavy atom. The van der Waals surface area contributed by atoms with Gasteiger partial charge in [-0.2, -0.15) is 0 Å². The number of hydrogen-bond acceptors (Lipinski definition) is 4. The average molecular weight is 403 g/mol. The molecule has 1 atom stereocenters. The van der Waals surface area contributed by atoms with E-state index in [0.717, 1.165) is 29.6 Å². The molecule has 2 rings (SSSR count). The zero-order chi connectivity index (χ0) is 21.8. The van der Waals surface area contributed by atoms with Crippen molar-refractivity contribution in [2.24, 2.45) is 10.8 Å². The van der Waals surface area contributed by atoms with Crippen LogP contribution in [0.25, 0.3) is 5.57 Å². The lowest BCUT2D eigenvalue weighted by Gasteiger charge is -2.43. The van der Waals surface area contributed by atoms with E-state index in [9.17, 15) is 19.1 Å². The van der Waals surface area contributed by atoms with Crippen LogP contribution in [0.5, 0.6) is 0 Å². The molecule has 1 aromatic carbocycles. The number of carbonyl (C=O) groups excluding carboxylic acids is 2. The zero-order valence-corrected chi connectivity index (χ0v) is 17.9. The van der Waals surface area contributed by atoms with Crippen LogP contribution in [0.2, 0.25) is 0 Å². The van der Waals surface area contributed by atoms with Crippen LogP contribution in [0.15, 0.2) is 42.0 Å². The molecule has 1 aliphatic rings. The number of allylic oxidation sites excluding steroid dienone is 3. The van der Waals surface area contributed by atoms with Gasteiger partial charge in [0.1, 0.15) is 18.0 Å². The molecule has 0 fully saturated rings. The van der Waals surface area contributed by atoms with Crippen LogP contribution < -0.4 is 0 Å². The van der Waals surface area contributed by atoms with Gasteiger partial charge in [-0.3, -0.25) is 9.59 Å². The first-order valence-corrected chi connectivity index (χ1v) is 9.88. The number of hydrogen-bond donors (Lipinski definition) is 1. The first kappa shape index (κ1) is 23.0. The van der Waals surface area contributed by atoms with E-state index in [1.54, 1.807) is 18.2 Å². The second-order valence-electron chi connectivity index (χ2n) is 9.22. The highest BCUT2D eigenvalue weighted by atomic mass is 19.1. The highest BCUT2D eigenvalue weighted by Gasteiger charge is 2.38. The number of carbonyl (C=O) groups is 2. The van der Waals surface area contributed by atoms with Gasteiger partial charge in [-0.05, 0) is 52.5 Å². The van der Waals surface area contributed by atoms with Crippen molar-refractivity contribution in [1.29, 1.82) is 0 Å². The molecular weight excluding hydrogens is 371 g/mol. The summed E-state index contributed by atoms with van der Waals surface area (Å²) in [5.74, 6) is -1.26. The van der Waals surface area contributed by atoms with Gasteiger partial charge in [0.15, 0.2) is 0 Å². The van der Waals surface area contributed by atoms with Gasteiger partial charge in [0.05, 0.1) is 13.2 Å². The molecule has 0 bridgehead atoms. The fourth-order valence-electron chi connectivity index (χ4n) is 4.39. The van der Waals surface area contributed by atoms with Gasteiger partial charge in [-0.1, -0.05) is 52.0 Å². The van der Waals surface area contributed by atoms with E-state index < -0.39 is 12.1 Å². The first-order valence-electron chi connectivity index (χ1n) is 9.88. The van der Waals surface area contributed by atoms with Crippen molar-refractivity contribution < 1.29 is 23.8 Å². The minimum absolute atomic E-state index is 0.0830. The summed E-state index contributed by atoms with van der Waals surface area (Å²) in [7, 11) is 1.22. The highest BCUT2D eigenvalue weighted by Crippen LogP contribution is 2.52. The molecule has 0 amide bonds. The maximum atomic E-state index is 13.4. The van der Waals surface area contributed by atoms with Crippen molar-refractivity contribution in [1.82, 2.24) is 0 Å². The fourth-order valence-corrected chi connectivity index (χ4v) is 4.39. The second kappa shape index (κ2) is 9.04. The van der Waals surface area contributed by atoms with Gasteiger partial charge in [0.25, 0.3) is 0 Å². The van der Waals surface area contributed by atoms with E-state index in [1.807, 2.05) is 6.08 Å². The van der Waals surface area contributed by atoms with Crippen LogP contribution in [0.3, 0.4) is 0 Å². The van der Waals surface area contributed by atoms with Crippen molar-refractivity contribution in [2.45, 2.75) is 59.5 Å². The van der Waals surface area contributed by atoms with Crippen LogP contribution in [-0.4, -0.2) is 30.1 Å². The summed E-state index contributed by atoms with van der Waals surface area (Å²) in [5, 5.41) is 10.3. The molecule has 1 unspecified atom stereocenters. The SMILES string of the molecule is COC(=O)CC(=O)CC(O)/C=C/C1=C(c2ccc(F)cc2)CC(C)(C)CC1(C)C. The minimum Gasteiger partial charge on any atom is -0.469 e. The van der Waals surface area contributed by atoms with Crippen molar-refractivity contribution in [3.63, 3.8) is 0 Å². The van der Waals surface area contributed by atoms with E-state index >= 15 is 0 Å². The van der Waals surface area contributed by atoms with Gasteiger partial charge in [-0.15, -0.1) is 0 Å². The molecule has 1 aliphatic carbocycles. The van der Waals surface area contributed by atoms with Crippen LogP contribution in [0.4, 0.5) is 4.39 Å². The van der Waals surface area contributed by atoms with Gasteiger partial charge in [0.2, 0.25) is 0 Å². The molecule has 0 aliphatic heterocycles. The van der Waals surface area contributed by atoms with E-state index in [0.29, 0.717) is 0 Å². The smallest absolute Gasteiger partial charge is 0.313 e. The number of ether oxygens (including phenoxy) is 1. The predicted octanol–water partition coefficient (Wildman–Crippen LogP) is 4.86. The number of Topliss-reactive ketones (excluding diaryl/α,β-unsaturated/α-hetero) is 1. The van der Waals surface area contributed by atoms with Crippen LogP contribution in [-0.2, 0) is 14.3 Å². The Morgan fingerprint density at radius 1 is 1.21 bits per heavy atom. The van der Waals surface area contributed by atoms with Crippen LogP contribution >= 0.6 is 0 Å². The number of aliphatic hydroxyl groups is 1. The lowest BCUT2D eigenvalue weighted by Crippen LogP contribution is -2.30. The number of esters is 1. The molecule has 0 aromatic heterocycles. The topological polar surface area (TPSA) is 63.6 Å². The van der Waals surface area contributed by atoms with Crippen LogP contribution in [0, 0.1) is 16.6 Å². The summed E-state index contributed by atoms with van der Waals surface area (Å²) in [5.41, 5.74) is 3.08. The van der Waals surface area contributed by atoms with Crippen LogP contribution in [0.1, 0.15) is 58.9 Å². The minimum atomic E-state index is -0.986. The Labute approximate surface area is 172 Å². The van der Waals surface area contributed by atoms with Gasteiger partial charge in [0, 0.05) is 6.42 Å². The monoisotopic (exact) mass is 402 g/mol. The van der Waals surface area contributed by atoms with Crippen molar-refractivity contribution in [3.8, 4) is 0 Å². The molecule has 29 heavy (non-hydrogen) atoms. The third-order valence-electron chi connectivity index (χ3n) is 5.31. The van der Waals surface area contributed by atoms with E-state index in [1.165, 1.54) is 19.2 Å². The normalized spacial score (nSPS) is 19.3. The van der Waals surface area contributed by atoms with E-state index in [-0.39, 0.29) is 35.3 Å². The lowest BCUT2D eigenvalue weighted by atomic mass is 9.61. The number of benzene rings is 1. The summed E-state index contributed by atoms with van der Waals surface area (Å²) in [6.07, 6.45) is 3.81. The van der Waals surface area contributed by atoms with E-state index in [2.05, 4.69) is 32.4 Å². The Hall–Kier alpha value is -2.27. The Balaban J connectivity index is 2.33. The third-order valence-corrected chi connectivity index (χ3v) is 5.31. The van der Waals surface area contributed by atoms with Gasteiger partial charge >= 0.3 is 5.97 Å². The number of rotatable bonds is 7. The number of methoxy groups -OCH3 is 1. The fraction of sp³-hybridized carbons (Fsp3) is 0.500. The Morgan fingerprint density at radius 3 is 2.41 bits per heavy atom. The summed E-state index contributed by atoms with van der Waals surface area (Å²) in [4.78, 5) is 23.1. The van der Waals surface area contributed by atoms with Crippen molar-refractivity contribution in [3.05, 3.63) is 53.4 Å². The summed E-state index contributed by atoms with van der Waals surface area (Å²) >= 11 is 0. The van der Waals surface area contributed by atoms with Gasteiger partial charge < -0.3 is 9.84 Å². The van der Waals surface area contributed by atoms with Crippen molar-refractivity contribution >= 4 is 17.3 Å². The first-order chi connectivity index (χ1) is 13.4. The number of aliphatic hydroxyl groups excluding tert-OH is 1. The maximum absolute atomic E-state index is 13.4. The Kier molecular flexibility index (Phi) is 7.17. The second-order valence-corrected chi connectivity index (χ2v) is 9.22. The quantitative estimate of drug-likeness (QED) is 0.522. The predicted molar refractivity (Wildman–Crippen MR) is 112 cm³/mol. The summed E-state index contributed by atoms with van der Waals surface area (Å²) in [6.45, 7) is 8.76. The molecule has 1 aromatic rings. The molecule has 0 saturated carbocycles. The molecule has 1 N–H and O–H groups in total. The number of ketones is 1. The van der Waals surface area contributed by atoms with Crippen molar-refractivity contribution in [2.75, 3.05) is 7.11 Å². The molecule has 5 heteroatoms. The third kappa shape index (κ3) is 6.36. The highest BCUT2D eigenvalue weighted by molar-refractivity contribution is 5.95. The summed E-state index contributed by atoms with van der Waals surface area (Å²) < 4.78 is 17.9. The molecular formula is C24H31FO4. The summed E-state index contributed by atoms with van der Waals surface area (Å²) in [6, 6.07) is 6.48. The molecule has 158 valence electrons. The standard InChI is InChI=1S/C24H31FO4/c1-23(2)14-20(16-6-8-17(25)9-7-16)21(24(3,4)15-23)11-10-18(26)12-19(27)13-22(28)29-5/h6-11,18,26H,12-15H2,1-5H3/b11-10+. The molecule has 4 nitrogen and oxygen atoms in total. The molecule has 0 spiro atoms.